The number of ether oxygens (including phenoxy) is 1. The highest BCUT2D eigenvalue weighted by Crippen LogP contribution is 2.21. The summed E-state index contributed by atoms with van der Waals surface area (Å²) in [6.45, 7) is -0.0745. The molecular formula is C14H17N3O5S. The van der Waals surface area contributed by atoms with Crippen LogP contribution < -0.4 is 5.32 Å². The SMILES string of the molecule is COCC(NC(=O)CCCc1nc(-c2cccs2)no1)C(=O)O. The topological polar surface area (TPSA) is 115 Å². The second kappa shape index (κ2) is 8.39. The smallest absolute Gasteiger partial charge is 0.328 e. The first kappa shape index (κ1) is 17.1. The second-order valence-corrected chi connectivity index (χ2v) is 5.70. The molecule has 2 N–H and O–H groups in total. The molecule has 23 heavy (non-hydrogen) atoms. The molecule has 8 nitrogen and oxygen atoms in total. The monoisotopic (exact) mass is 339 g/mol. The number of hydrogen-bond donors (Lipinski definition) is 2. The Bertz CT molecular complexity index is 641. The van der Waals surface area contributed by atoms with Crippen molar-refractivity contribution in [3.05, 3.63) is 23.4 Å². The Morgan fingerprint density at radius 2 is 2.35 bits per heavy atom. The molecule has 2 heterocycles. The van der Waals surface area contributed by atoms with E-state index in [1.54, 1.807) is 0 Å². The van der Waals surface area contributed by atoms with Crippen LogP contribution in [0.15, 0.2) is 22.0 Å². The van der Waals surface area contributed by atoms with E-state index in [1.807, 2.05) is 17.5 Å². The van der Waals surface area contributed by atoms with Crippen molar-refractivity contribution in [2.24, 2.45) is 0 Å². The number of aliphatic carboxylic acids is 1. The lowest BCUT2D eigenvalue weighted by molar-refractivity contribution is -0.143. The summed E-state index contributed by atoms with van der Waals surface area (Å²) in [6, 6.07) is 2.76. The summed E-state index contributed by atoms with van der Waals surface area (Å²) in [7, 11) is 1.38. The number of carbonyl (C=O) groups excluding carboxylic acids is 1. The molecule has 0 radical (unpaired) electrons. The van der Waals surface area contributed by atoms with E-state index in [1.165, 1.54) is 18.4 Å². The van der Waals surface area contributed by atoms with E-state index in [4.69, 9.17) is 14.4 Å². The predicted molar refractivity (Wildman–Crippen MR) is 82.0 cm³/mol. The van der Waals surface area contributed by atoms with E-state index in [9.17, 15) is 9.59 Å². The maximum absolute atomic E-state index is 11.7. The fourth-order valence-corrected chi connectivity index (χ4v) is 2.52. The van der Waals surface area contributed by atoms with Gasteiger partial charge in [0.05, 0.1) is 11.5 Å². The molecule has 0 aromatic carbocycles. The van der Waals surface area contributed by atoms with E-state index in [2.05, 4.69) is 15.5 Å². The highest BCUT2D eigenvalue weighted by atomic mass is 32.1. The summed E-state index contributed by atoms with van der Waals surface area (Å²) in [5, 5.41) is 17.1. The summed E-state index contributed by atoms with van der Waals surface area (Å²) in [5.41, 5.74) is 0. The Balaban J connectivity index is 1.76. The fourth-order valence-electron chi connectivity index (χ4n) is 1.87. The van der Waals surface area contributed by atoms with E-state index in [0.717, 1.165) is 4.88 Å². The zero-order valence-corrected chi connectivity index (χ0v) is 13.3. The van der Waals surface area contributed by atoms with Crippen molar-refractivity contribution >= 4 is 23.2 Å². The number of carbonyl (C=O) groups is 2. The van der Waals surface area contributed by atoms with Crippen LogP contribution in [0.4, 0.5) is 0 Å². The van der Waals surface area contributed by atoms with Crippen LogP contribution in [0.3, 0.4) is 0 Å². The molecule has 0 aliphatic heterocycles. The Kier molecular flexibility index (Phi) is 6.24. The number of carboxylic acid groups (broad SMARTS) is 1. The third-order valence-electron chi connectivity index (χ3n) is 2.97. The Hall–Kier alpha value is -2.26. The number of nitrogens with zero attached hydrogens (tertiary/aromatic N) is 2. The summed E-state index contributed by atoms with van der Waals surface area (Å²) in [6.07, 6.45) is 1.11. The quantitative estimate of drug-likeness (QED) is 0.708. The van der Waals surface area contributed by atoms with Crippen molar-refractivity contribution in [3.63, 3.8) is 0 Å². The zero-order chi connectivity index (χ0) is 16.7. The van der Waals surface area contributed by atoms with Crippen LogP contribution >= 0.6 is 11.3 Å². The Labute approximate surface area is 136 Å². The van der Waals surface area contributed by atoms with Gasteiger partial charge in [-0.25, -0.2) is 4.79 Å². The molecule has 0 bridgehead atoms. The largest absolute Gasteiger partial charge is 0.480 e. The minimum atomic E-state index is -1.13. The molecule has 1 unspecified atom stereocenters. The van der Waals surface area contributed by atoms with Gasteiger partial charge in [-0.05, 0) is 17.9 Å². The summed E-state index contributed by atoms with van der Waals surface area (Å²) in [5.74, 6) is -0.497. The zero-order valence-electron chi connectivity index (χ0n) is 12.5. The van der Waals surface area contributed by atoms with Gasteiger partial charge in [0.25, 0.3) is 0 Å². The molecule has 0 saturated carbocycles. The van der Waals surface area contributed by atoms with Crippen LogP contribution in [-0.2, 0) is 20.7 Å². The molecule has 0 spiro atoms. The maximum Gasteiger partial charge on any atom is 0.328 e. The highest BCUT2D eigenvalue weighted by molar-refractivity contribution is 7.13. The molecule has 1 amide bonds. The van der Waals surface area contributed by atoms with Gasteiger partial charge in [-0.15, -0.1) is 11.3 Å². The first-order valence-electron chi connectivity index (χ1n) is 6.97. The third-order valence-corrected chi connectivity index (χ3v) is 3.84. The molecule has 9 heteroatoms. The van der Waals surface area contributed by atoms with E-state index in [-0.39, 0.29) is 18.9 Å². The average molecular weight is 339 g/mol. The van der Waals surface area contributed by atoms with E-state index < -0.39 is 12.0 Å². The highest BCUT2D eigenvalue weighted by Gasteiger charge is 2.19. The number of rotatable bonds is 9. The molecule has 0 aliphatic carbocycles. The molecule has 2 aromatic rings. The molecule has 0 saturated heterocycles. The summed E-state index contributed by atoms with van der Waals surface area (Å²) >= 11 is 1.52. The van der Waals surface area contributed by atoms with Crippen molar-refractivity contribution in [2.75, 3.05) is 13.7 Å². The number of hydrogen-bond acceptors (Lipinski definition) is 7. The molecule has 2 rings (SSSR count). The van der Waals surface area contributed by atoms with Crippen molar-refractivity contribution in [3.8, 4) is 10.7 Å². The van der Waals surface area contributed by atoms with Crippen LogP contribution in [0.25, 0.3) is 10.7 Å². The maximum atomic E-state index is 11.7. The van der Waals surface area contributed by atoms with Gasteiger partial charge >= 0.3 is 5.97 Å². The molecule has 2 aromatic heterocycles. The standard InChI is InChI=1S/C14H17N3O5S/c1-21-8-9(14(19)20)15-11(18)5-2-6-12-16-13(17-22-12)10-4-3-7-23-10/h3-4,7,9H,2,5-6,8H2,1H3,(H,15,18)(H,19,20). The molecule has 124 valence electrons. The minimum absolute atomic E-state index is 0.0745. The average Bonchev–Trinajstić information content (AvgIpc) is 3.17. The van der Waals surface area contributed by atoms with Gasteiger partial charge in [0.2, 0.25) is 17.6 Å². The summed E-state index contributed by atoms with van der Waals surface area (Å²) < 4.78 is 9.88. The van der Waals surface area contributed by atoms with Gasteiger partial charge in [-0.3, -0.25) is 4.79 Å². The van der Waals surface area contributed by atoms with Crippen LogP contribution in [-0.4, -0.2) is 46.9 Å². The number of carboxylic acids is 1. The number of nitrogens with one attached hydrogen (secondary N) is 1. The van der Waals surface area contributed by atoms with Crippen LogP contribution in [0.2, 0.25) is 0 Å². The van der Waals surface area contributed by atoms with Crippen LogP contribution in [0.1, 0.15) is 18.7 Å². The lowest BCUT2D eigenvalue weighted by Gasteiger charge is -2.12. The van der Waals surface area contributed by atoms with Gasteiger partial charge in [0.15, 0.2) is 6.04 Å². The third kappa shape index (κ3) is 5.15. The van der Waals surface area contributed by atoms with E-state index >= 15 is 0 Å². The number of aryl methyl sites for hydroxylation is 1. The van der Waals surface area contributed by atoms with Crippen molar-refractivity contribution in [1.82, 2.24) is 15.5 Å². The van der Waals surface area contributed by atoms with Crippen LogP contribution in [0.5, 0.6) is 0 Å². The number of aromatic nitrogens is 2. The fraction of sp³-hybridized carbons (Fsp3) is 0.429. The lowest BCUT2D eigenvalue weighted by Crippen LogP contribution is -2.43. The normalized spacial score (nSPS) is 12.0. The van der Waals surface area contributed by atoms with Gasteiger partial charge in [-0.2, -0.15) is 4.98 Å². The molecular weight excluding hydrogens is 322 g/mol. The van der Waals surface area contributed by atoms with E-state index in [0.29, 0.717) is 24.6 Å². The van der Waals surface area contributed by atoms with Crippen molar-refractivity contribution in [1.29, 1.82) is 0 Å². The Morgan fingerprint density at radius 3 is 3.00 bits per heavy atom. The minimum Gasteiger partial charge on any atom is -0.480 e. The second-order valence-electron chi connectivity index (χ2n) is 4.76. The molecule has 1 atom stereocenters. The first-order valence-corrected chi connectivity index (χ1v) is 7.85. The van der Waals surface area contributed by atoms with Gasteiger partial charge in [-0.1, -0.05) is 11.2 Å². The molecule has 0 fully saturated rings. The van der Waals surface area contributed by atoms with Gasteiger partial charge in [0, 0.05) is 20.0 Å². The lowest BCUT2D eigenvalue weighted by atomic mass is 10.2. The molecule has 0 aliphatic rings. The number of amides is 1. The number of methoxy groups -OCH3 is 1. The van der Waals surface area contributed by atoms with Crippen molar-refractivity contribution in [2.45, 2.75) is 25.3 Å². The van der Waals surface area contributed by atoms with Gasteiger partial charge < -0.3 is 19.7 Å². The number of thiophene rings is 1. The van der Waals surface area contributed by atoms with Crippen molar-refractivity contribution < 1.29 is 24.0 Å². The summed E-state index contributed by atoms with van der Waals surface area (Å²) in [4.78, 5) is 27.8. The Morgan fingerprint density at radius 1 is 1.52 bits per heavy atom. The predicted octanol–water partition coefficient (Wildman–Crippen LogP) is 1.34. The first-order chi connectivity index (χ1) is 11.1. The van der Waals surface area contributed by atoms with Crippen LogP contribution in [0, 0.1) is 0 Å². The van der Waals surface area contributed by atoms with Gasteiger partial charge in [0.1, 0.15) is 0 Å².